The van der Waals surface area contributed by atoms with E-state index in [0.29, 0.717) is 11.3 Å². The van der Waals surface area contributed by atoms with E-state index in [1.165, 1.54) is 44.9 Å². The quantitative estimate of drug-likeness (QED) is 0.192. The molecule has 408 valence electrons. The number of carbonyl (C=O) groups excluding carboxylic acids is 4. The summed E-state index contributed by atoms with van der Waals surface area (Å²) >= 11 is 0. The molecule has 3 fully saturated rings. The van der Waals surface area contributed by atoms with Crippen molar-refractivity contribution in [2.75, 3.05) is 19.6 Å². The van der Waals surface area contributed by atoms with Gasteiger partial charge in [-0.1, -0.05) is 200 Å². The molecule has 3 aliphatic carbocycles. The second-order valence-electron chi connectivity index (χ2n) is 32.0. The molecule has 0 aromatic heterocycles. The Bertz CT molecular complexity index is 1540. The van der Waals surface area contributed by atoms with Crippen LogP contribution in [0.4, 0.5) is 0 Å². The Balaban J connectivity index is 0.000000895. The maximum atomic E-state index is 12.5. The van der Waals surface area contributed by atoms with E-state index in [0.717, 1.165) is 38.4 Å². The summed E-state index contributed by atoms with van der Waals surface area (Å²) in [5.74, 6) is 2.27. The third-order valence-corrected chi connectivity index (χ3v) is 14.8. The molecule has 3 N–H and O–H groups in total. The summed E-state index contributed by atoms with van der Waals surface area (Å²) in [4.78, 5) is 51.5. The number of hydrogen-bond donors (Lipinski definition) is 3. The van der Waals surface area contributed by atoms with E-state index >= 15 is 0 Å². The van der Waals surface area contributed by atoms with E-state index in [4.69, 9.17) is 0 Å². The van der Waals surface area contributed by atoms with Crippen molar-refractivity contribution in [3.05, 3.63) is 0 Å². The first-order valence-electron chi connectivity index (χ1n) is 27.6. The molecule has 8 nitrogen and oxygen atoms in total. The first kappa shape index (κ1) is 66.9. The van der Waals surface area contributed by atoms with Crippen LogP contribution >= 0.6 is 0 Å². The number of amides is 4. The van der Waals surface area contributed by atoms with Gasteiger partial charge in [-0.2, -0.15) is 0 Å². The lowest BCUT2D eigenvalue weighted by Crippen LogP contribution is -2.57. The van der Waals surface area contributed by atoms with Crippen LogP contribution < -0.4 is 16.0 Å². The summed E-state index contributed by atoms with van der Waals surface area (Å²) < 4.78 is 0. The Kier molecular flexibility index (Phi) is 24.0. The number of nitrogens with zero attached hydrogens (tertiary/aromatic N) is 1. The van der Waals surface area contributed by atoms with E-state index in [1.54, 1.807) is 6.92 Å². The molecule has 0 spiro atoms. The van der Waals surface area contributed by atoms with Crippen molar-refractivity contribution in [1.29, 1.82) is 0 Å². The Morgan fingerprint density at radius 2 is 0.826 bits per heavy atom. The van der Waals surface area contributed by atoms with Crippen LogP contribution in [0.25, 0.3) is 0 Å². The Hall–Kier alpha value is -2.12. The third-order valence-electron chi connectivity index (χ3n) is 14.8. The highest BCUT2D eigenvalue weighted by molar-refractivity contribution is 5.81. The first-order valence-corrected chi connectivity index (χ1v) is 27.6. The predicted molar refractivity (Wildman–Crippen MR) is 298 cm³/mol. The molecule has 0 heterocycles. The van der Waals surface area contributed by atoms with Crippen LogP contribution in [-0.4, -0.2) is 59.7 Å². The molecule has 0 aromatic rings. The van der Waals surface area contributed by atoms with Gasteiger partial charge < -0.3 is 20.9 Å². The summed E-state index contributed by atoms with van der Waals surface area (Å²) in [5, 5.41) is 9.48. The highest BCUT2D eigenvalue weighted by Crippen LogP contribution is 2.46. The fourth-order valence-electron chi connectivity index (χ4n) is 12.9. The molecule has 4 amide bonds. The predicted octanol–water partition coefficient (Wildman–Crippen LogP) is 15.3. The van der Waals surface area contributed by atoms with Gasteiger partial charge in [-0.25, -0.2) is 0 Å². The Labute approximate surface area is 430 Å². The van der Waals surface area contributed by atoms with Gasteiger partial charge in [-0.15, -0.1) is 0 Å². The fourth-order valence-corrected chi connectivity index (χ4v) is 12.9. The van der Waals surface area contributed by atoms with Crippen molar-refractivity contribution in [2.24, 2.45) is 78.3 Å². The minimum Gasteiger partial charge on any atom is -0.356 e. The van der Waals surface area contributed by atoms with Gasteiger partial charge in [0.05, 0.1) is 0 Å². The first-order chi connectivity index (χ1) is 30.4. The topological polar surface area (TPSA) is 108 Å². The average Bonchev–Trinajstić information content (AvgIpc) is 3.00. The van der Waals surface area contributed by atoms with Crippen molar-refractivity contribution in [2.45, 2.75) is 270 Å². The normalized spacial score (nSPS) is 17.8. The summed E-state index contributed by atoms with van der Waals surface area (Å²) in [7, 11) is 0. The lowest BCUT2D eigenvalue weighted by atomic mass is 9.65. The van der Waals surface area contributed by atoms with Crippen molar-refractivity contribution in [1.82, 2.24) is 20.9 Å². The van der Waals surface area contributed by atoms with Crippen LogP contribution in [0.2, 0.25) is 0 Å². The van der Waals surface area contributed by atoms with Gasteiger partial charge in [0.1, 0.15) is 0 Å². The minimum atomic E-state index is -0.000682. The maximum absolute atomic E-state index is 12.5. The summed E-state index contributed by atoms with van der Waals surface area (Å²) in [5.41, 5.74) is 0.647. The van der Waals surface area contributed by atoms with Gasteiger partial charge in [-0.05, 0) is 112 Å². The van der Waals surface area contributed by atoms with Gasteiger partial charge in [0.25, 0.3) is 0 Å². The highest BCUT2D eigenvalue weighted by atomic mass is 16.2. The van der Waals surface area contributed by atoms with Crippen molar-refractivity contribution >= 4 is 23.6 Å². The molecule has 0 bridgehead atoms. The molecule has 3 rings (SSSR count). The smallest absolute Gasteiger partial charge is 0.224 e. The van der Waals surface area contributed by atoms with E-state index in [-0.39, 0.29) is 96.3 Å². The zero-order valence-corrected chi connectivity index (χ0v) is 51.5. The molecule has 0 aliphatic heterocycles. The molecular formula is C61H120N4O4. The zero-order chi connectivity index (χ0) is 55.0. The monoisotopic (exact) mass is 973 g/mol. The zero-order valence-electron chi connectivity index (χ0n) is 51.5. The Morgan fingerprint density at radius 3 is 1.06 bits per heavy atom. The van der Waals surface area contributed by atoms with E-state index in [1.807, 2.05) is 0 Å². The molecule has 0 saturated heterocycles. The number of nitrogens with one attached hydrogen (secondary N) is 3. The van der Waals surface area contributed by atoms with Gasteiger partial charge >= 0.3 is 0 Å². The maximum Gasteiger partial charge on any atom is 0.224 e. The summed E-state index contributed by atoms with van der Waals surface area (Å²) in [6.07, 6.45) is 11.2. The third kappa shape index (κ3) is 23.1. The minimum absolute atomic E-state index is 0.000682. The molecule has 3 saturated carbocycles. The SMILES string of the molecule is CC(=O)N(CC1(C)CCC1)C(C(C)(C)C)C(C)(C)C.CC(C)(C)C(C(=O)NCC1CCC1)C(C)(C)C.CC(C)CNC(=O)C(C(C)(C)C)C(C)(C)C.CC1(NC(=O)C(C(C)(C)C)C(C)(C)C)CCC1. The van der Waals surface area contributed by atoms with Crippen LogP contribution in [0, 0.1) is 78.3 Å². The summed E-state index contributed by atoms with van der Waals surface area (Å²) in [6.45, 7) is 65.2. The molecule has 0 aromatic carbocycles. The molecule has 0 radical (unpaired) electrons. The van der Waals surface area contributed by atoms with Gasteiger partial charge in [0.2, 0.25) is 23.6 Å². The number of hydrogen-bond acceptors (Lipinski definition) is 4. The van der Waals surface area contributed by atoms with E-state index < -0.39 is 0 Å². The molecule has 0 atom stereocenters. The van der Waals surface area contributed by atoms with Crippen LogP contribution in [0.3, 0.4) is 0 Å². The fraction of sp³-hybridized carbons (Fsp3) is 0.934. The van der Waals surface area contributed by atoms with Crippen molar-refractivity contribution < 1.29 is 19.2 Å². The Morgan fingerprint density at radius 1 is 0.493 bits per heavy atom. The number of rotatable bonds is 11. The van der Waals surface area contributed by atoms with Gasteiger partial charge in [-0.3, -0.25) is 19.2 Å². The molecular weight excluding hydrogens is 853 g/mol. The van der Waals surface area contributed by atoms with Gasteiger partial charge in [0.15, 0.2) is 0 Å². The van der Waals surface area contributed by atoms with Gasteiger partial charge in [0, 0.05) is 55.9 Å². The van der Waals surface area contributed by atoms with Crippen LogP contribution in [0.15, 0.2) is 0 Å². The van der Waals surface area contributed by atoms with Crippen LogP contribution in [0.1, 0.15) is 259 Å². The van der Waals surface area contributed by atoms with E-state index in [2.05, 4.69) is 215 Å². The molecule has 0 unspecified atom stereocenters. The van der Waals surface area contributed by atoms with Crippen molar-refractivity contribution in [3.8, 4) is 0 Å². The lowest BCUT2D eigenvalue weighted by molar-refractivity contribution is -0.141. The molecule has 3 aliphatic rings. The van der Waals surface area contributed by atoms with Crippen LogP contribution in [-0.2, 0) is 19.2 Å². The van der Waals surface area contributed by atoms with E-state index in [9.17, 15) is 19.2 Å². The highest BCUT2D eigenvalue weighted by Gasteiger charge is 2.46. The average molecular weight is 974 g/mol. The second-order valence-corrected chi connectivity index (χ2v) is 32.0. The van der Waals surface area contributed by atoms with Crippen LogP contribution in [0.5, 0.6) is 0 Å². The summed E-state index contributed by atoms with van der Waals surface area (Å²) in [6, 6.07) is 0.273. The van der Waals surface area contributed by atoms with Crippen molar-refractivity contribution in [3.63, 3.8) is 0 Å². The molecule has 8 heteroatoms. The standard InChI is InChI=1S/C17H33NO.2C15H29NO.C14H29NO/c1-13(19)18(12-17(8)10-9-11-17)14(15(2,3)4)16(5,6)7;1-13(2,3)11(14(4,5)6)12(17)16-15(7)9-8-10-15;1-14(2,3)12(15(4,5)6)13(17)16-10-11-8-7-9-11;1-10(2)9-15-12(16)11(13(3,4)5)14(6,7)8/h14H,9-12H2,1-8H3;11H,8-10H2,1-7H3,(H,16,17);11-12H,7-10H2,1-6H3,(H,16,17);10-11H,9H2,1-8H3,(H,15,16). The lowest BCUT2D eigenvalue weighted by Gasteiger charge is -2.52. The second kappa shape index (κ2) is 24.7. The number of carbonyl (C=O) groups is 4. The largest absolute Gasteiger partial charge is 0.356 e. The molecule has 69 heavy (non-hydrogen) atoms.